The van der Waals surface area contributed by atoms with Crippen LogP contribution in [0.2, 0.25) is 0 Å². The summed E-state index contributed by atoms with van der Waals surface area (Å²) in [5.74, 6) is -13.1. The number of rotatable bonds is 17. The highest BCUT2D eigenvalue weighted by atomic mass is 16.5. The Labute approximate surface area is 430 Å². The van der Waals surface area contributed by atoms with Gasteiger partial charge in [0.15, 0.2) is 11.9 Å². The van der Waals surface area contributed by atoms with E-state index < -0.39 is 120 Å². The summed E-state index contributed by atoms with van der Waals surface area (Å²) in [4.78, 5) is 130. The van der Waals surface area contributed by atoms with Crippen LogP contribution in [-0.4, -0.2) is 150 Å². The van der Waals surface area contributed by atoms with Gasteiger partial charge in [-0.3, -0.25) is 43.5 Å². The molecule has 16 N–H and O–H groups in total. The van der Waals surface area contributed by atoms with E-state index in [1.165, 1.54) is 33.9 Å². The standard InChI is InChI=1S/C49H75N13O12/c1-26(24-27(2)37(74-8)25-32-14-10-9-11-15-32)18-19-33-28(3)40(64)60-36(46(70)71)20-21-38(63)62(7)31(6)43(67)56-30(5)42(66)59-35(17-13-23-55-49(52)53)45(69)61-39(47(72)73)29(4)41(65)58-34(44(68)57-33)16-12-22-54-48(50)51/h9-11,14-15,18-19,24,27-30,33-37,39H,6,12-13,16-17,20-23,25H2,1-5,7-8H3,(H,56,67)(H,57,68)(H,58,65)(H,59,66)(H,60,64)(H,61,69)(H,70,71)(H,72,73)(H4,50,51,54)(H4,52,53,55)/t27-,28-,29-,30+,33-,34-,35-,36+,37-,39+/m0/s1. The number of aliphatic carboxylic acids is 2. The van der Waals surface area contributed by atoms with Crippen LogP contribution in [0.1, 0.15) is 78.7 Å². The minimum absolute atomic E-state index is 0.00394. The number of hydrogen-bond acceptors (Lipinski definition) is 12. The quantitative estimate of drug-likeness (QED) is 0.0281. The van der Waals surface area contributed by atoms with Gasteiger partial charge in [-0.25, -0.2) is 9.59 Å². The Morgan fingerprint density at radius 1 is 0.784 bits per heavy atom. The van der Waals surface area contributed by atoms with E-state index in [0.29, 0.717) is 12.0 Å². The Bertz CT molecular complexity index is 2280. The molecule has 74 heavy (non-hydrogen) atoms. The largest absolute Gasteiger partial charge is 0.480 e. The number of nitrogens with two attached hydrogens (primary N) is 4. The molecule has 1 saturated heterocycles. The fourth-order valence-electron chi connectivity index (χ4n) is 7.53. The molecule has 25 nitrogen and oxygen atoms in total. The highest BCUT2D eigenvalue weighted by Gasteiger charge is 2.37. The molecule has 0 aromatic heterocycles. The van der Waals surface area contributed by atoms with Crippen molar-refractivity contribution < 1.29 is 58.1 Å². The van der Waals surface area contributed by atoms with Crippen molar-refractivity contribution in [1.82, 2.24) is 36.8 Å². The first-order chi connectivity index (χ1) is 34.8. The number of carboxylic acids is 2. The van der Waals surface area contributed by atoms with Gasteiger partial charge < -0.3 is 74.7 Å². The van der Waals surface area contributed by atoms with E-state index in [-0.39, 0.29) is 62.7 Å². The molecule has 25 heteroatoms. The van der Waals surface area contributed by atoms with E-state index in [9.17, 15) is 53.4 Å². The van der Waals surface area contributed by atoms with Crippen LogP contribution in [0.3, 0.4) is 0 Å². The van der Waals surface area contributed by atoms with Crippen molar-refractivity contribution in [3.8, 4) is 0 Å². The minimum atomic E-state index is -1.95. The van der Waals surface area contributed by atoms with Crippen molar-refractivity contribution in [3.63, 3.8) is 0 Å². The number of carbonyl (C=O) groups is 9. The summed E-state index contributed by atoms with van der Waals surface area (Å²) in [6.45, 7) is 11.2. The van der Waals surface area contributed by atoms with E-state index >= 15 is 0 Å². The molecule has 1 aromatic carbocycles. The maximum atomic E-state index is 14.4. The van der Waals surface area contributed by atoms with Gasteiger partial charge in [-0.15, -0.1) is 0 Å². The molecule has 0 aliphatic carbocycles. The number of carbonyl (C=O) groups excluding carboxylic acids is 7. The monoisotopic (exact) mass is 1040 g/mol. The maximum Gasteiger partial charge on any atom is 0.327 e. The van der Waals surface area contributed by atoms with Crippen LogP contribution in [0.25, 0.3) is 0 Å². The molecule has 0 unspecified atom stereocenters. The fourth-order valence-corrected chi connectivity index (χ4v) is 7.53. The number of amides is 7. The van der Waals surface area contributed by atoms with Crippen LogP contribution >= 0.6 is 0 Å². The first-order valence-corrected chi connectivity index (χ1v) is 24.1. The van der Waals surface area contributed by atoms with Gasteiger partial charge in [-0.05, 0) is 57.9 Å². The van der Waals surface area contributed by atoms with Gasteiger partial charge >= 0.3 is 11.9 Å². The number of ether oxygens (including phenoxy) is 1. The summed E-state index contributed by atoms with van der Waals surface area (Å²) in [6.07, 6.45) is 4.40. The molecule has 7 amide bonds. The highest BCUT2D eigenvalue weighted by Crippen LogP contribution is 2.19. The van der Waals surface area contributed by atoms with Gasteiger partial charge in [0.05, 0.1) is 24.0 Å². The van der Waals surface area contributed by atoms with E-state index in [0.717, 1.165) is 10.5 Å². The Balaban J connectivity index is 2.74. The van der Waals surface area contributed by atoms with Gasteiger partial charge in [-0.2, -0.15) is 0 Å². The summed E-state index contributed by atoms with van der Waals surface area (Å²) in [5, 5.41) is 35.4. The predicted molar refractivity (Wildman–Crippen MR) is 275 cm³/mol. The Morgan fingerprint density at radius 3 is 1.85 bits per heavy atom. The molecule has 2 rings (SSSR count). The molecular formula is C49H75N13O12. The minimum Gasteiger partial charge on any atom is -0.480 e. The van der Waals surface area contributed by atoms with Gasteiger partial charge in [0, 0.05) is 39.6 Å². The van der Waals surface area contributed by atoms with Crippen LogP contribution in [0.15, 0.2) is 76.4 Å². The van der Waals surface area contributed by atoms with E-state index in [2.05, 4.69) is 48.5 Å². The normalized spacial score (nSPS) is 24.6. The van der Waals surface area contributed by atoms with E-state index in [1.807, 2.05) is 43.3 Å². The van der Waals surface area contributed by atoms with Crippen LogP contribution < -0.4 is 54.8 Å². The second kappa shape index (κ2) is 30.9. The van der Waals surface area contributed by atoms with Crippen LogP contribution in [0.5, 0.6) is 0 Å². The summed E-state index contributed by atoms with van der Waals surface area (Å²) in [6, 6.07) is 0.633. The zero-order valence-electron chi connectivity index (χ0n) is 43.1. The molecule has 0 spiro atoms. The molecular weight excluding hydrogens is 963 g/mol. The third kappa shape index (κ3) is 21.1. The summed E-state index contributed by atoms with van der Waals surface area (Å²) in [5.41, 5.74) is 23.2. The molecule has 1 aliphatic rings. The van der Waals surface area contributed by atoms with Crippen LogP contribution in [0, 0.1) is 17.8 Å². The number of likely N-dealkylation sites (N-methyl/N-ethyl adjacent to an activating group) is 1. The molecule has 0 radical (unpaired) electrons. The summed E-state index contributed by atoms with van der Waals surface area (Å²) < 4.78 is 5.81. The molecule has 1 aromatic rings. The Morgan fingerprint density at radius 2 is 1.32 bits per heavy atom. The van der Waals surface area contributed by atoms with Gasteiger partial charge in [-0.1, -0.05) is 81.5 Å². The van der Waals surface area contributed by atoms with Gasteiger partial charge in [0.25, 0.3) is 5.91 Å². The summed E-state index contributed by atoms with van der Waals surface area (Å²) >= 11 is 0. The van der Waals surface area contributed by atoms with E-state index in [4.69, 9.17) is 27.7 Å². The van der Waals surface area contributed by atoms with Crippen LogP contribution in [0.4, 0.5) is 0 Å². The molecule has 1 heterocycles. The number of carboxylic acid groups (broad SMARTS) is 2. The molecule has 0 bridgehead atoms. The van der Waals surface area contributed by atoms with Crippen molar-refractivity contribution in [1.29, 1.82) is 0 Å². The number of hydrogen-bond donors (Lipinski definition) is 12. The number of nitrogens with zero attached hydrogens (tertiary/aromatic N) is 3. The first kappa shape index (κ1) is 62.3. The molecule has 408 valence electrons. The third-order valence-corrected chi connectivity index (χ3v) is 12.2. The number of aliphatic imine (C=N–C) groups is 2. The zero-order valence-corrected chi connectivity index (χ0v) is 43.1. The first-order valence-electron chi connectivity index (χ1n) is 24.1. The number of allylic oxidation sites excluding steroid dienone is 2. The fraction of sp³-hybridized carbons (Fsp3) is 0.531. The molecule has 10 atom stereocenters. The van der Waals surface area contributed by atoms with Crippen molar-refractivity contribution in [2.45, 2.75) is 122 Å². The lowest BCUT2D eigenvalue weighted by molar-refractivity contribution is -0.146. The summed E-state index contributed by atoms with van der Waals surface area (Å²) in [7, 11) is 2.80. The Hall–Kier alpha value is -7.83. The molecule has 1 aliphatic heterocycles. The molecule has 1 fully saturated rings. The second-order valence-electron chi connectivity index (χ2n) is 18.1. The highest BCUT2D eigenvalue weighted by molar-refractivity contribution is 6.00. The van der Waals surface area contributed by atoms with Crippen LogP contribution in [-0.2, 0) is 54.3 Å². The zero-order chi connectivity index (χ0) is 55.8. The van der Waals surface area contributed by atoms with Gasteiger partial charge in [0.2, 0.25) is 35.4 Å². The second-order valence-corrected chi connectivity index (χ2v) is 18.1. The average molecular weight is 1040 g/mol. The van der Waals surface area contributed by atoms with Gasteiger partial charge in [0.1, 0.15) is 35.9 Å². The number of nitrogens with one attached hydrogen (secondary N) is 6. The third-order valence-electron chi connectivity index (χ3n) is 12.2. The lowest BCUT2D eigenvalue weighted by Gasteiger charge is -2.28. The Kier molecular flexibility index (Phi) is 26.0. The lowest BCUT2D eigenvalue weighted by Crippen LogP contribution is -2.59. The number of methoxy groups -OCH3 is 1. The predicted octanol–water partition coefficient (Wildman–Crippen LogP) is -1.37. The van der Waals surface area contributed by atoms with Crippen molar-refractivity contribution >= 4 is 65.2 Å². The van der Waals surface area contributed by atoms with Crippen molar-refractivity contribution in [3.05, 3.63) is 72.0 Å². The number of benzene rings is 1. The topological polar surface area (TPSA) is 408 Å². The van der Waals surface area contributed by atoms with Crippen molar-refractivity contribution in [2.75, 3.05) is 27.2 Å². The lowest BCUT2D eigenvalue weighted by atomic mass is 9.94. The van der Waals surface area contributed by atoms with E-state index in [1.54, 1.807) is 20.1 Å². The smallest absolute Gasteiger partial charge is 0.327 e. The maximum absolute atomic E-state index is 14.4. The number of guanidine groups is 2. The molecule has 0 saturated carbocycles. The van der Waals surface area contributed by atoms with Crippen molar-refractivity contribution in [2.24, 2.45) is 50.7 Å². The average Bonchev–Trinajstić information content (AvgIpc) is 3.34. The SMILES string of the molecule is C=C1C(=O)N[C@H](C)C(=O)N[C@@H](CCCN=C(N)N)C(=O)N[C@@H](C(=O)O)[C@H](C)C(=O)N[C@@H](CCCN=C(N)N)C(=O)N[C@@H](C=CC(C)=C[C@H](C)[C@H](Cc2ccccc2)OC)[C@H](C)C(=O)N[C@@H](C(=O)O)CCC(=O)N1C.